The third-order valence-corrected chi connectivity index (χ3v) is 6.13. The maximum Gasteiger partial charge on any atom is 0.468 e. The molecule has 0 saturated carbocycles. The molecule has 28 heavy (non-hydrogen) atoms. The Bertz CT molecular complexity index is 911. The molecule has 4 nitrogen and oxygen atoms in total. The van der Waals surface area contributed by atoms with Gasteiger partial charge in [0.25, 0.3) is 0 Å². The van der Waals surface area contributed by atoms with Crippen LogP contribution in [0.1, 0.15) is 24.0 Å². The first-order chi connectivity index (χ1) is 13.7. The molecule has 3 aromatic carbocycles. The summed E-state index contributed by atoms with van der Waals surface area (Å²) in [6, 6.07) is 24.2. The van der Waals surface area contributed by atoms with Gasteiger partial charge in [0, 0.05) is 0 Å². The molecule has 144 valence electrons. The summed E-state index contributed by atoms with van der Waals surface area (Å²) in [5.74, 6) is 1.74. The van der Waals surface area contributed by atoms with Crippen LogP contribution in [0.15, 0.2) is 78.9 Å². The fourth-order valence-corrected chi connectivity index (χ4v) is 4.71. The summed E-state index contributed by atoms with van der Waals surface area (Å²) in [4.78, 5) is 0. The van der Waals surface area contributed by atoms with Gasteiger partial charge >= 0.3 is 7.60 Å². The van der Waals surface area contributed by atoms with E-state index < -0.39 is 7.60 Å². The van der Waals surface area contributed by atoms with Crippen molar-refractivity contribution < 1.29 is 18.3 Å². The van der Waals surface area contributed by atoms with E-state index in [-0.39, 0.29) is 6.35 Å². The summed E-state index contributed by atoms with van der Waals surface area (Å²) in [6.45, 7) is 0. The minimum Gasteiger partial charge on any atom is -0.478 e. The Balaban J connectivity index is 1.56. The highest BCUT2D eigenvalue weighted by molar-refractivity contribution is 7.54. The highest BCUT2D eigenvalue weighted by atomic mass is 31.2. The van der Waals surface area contributed by atoms with Crippen LogP contribution in [0.3, 0.4) is 0 Å². The van der Waals surface area contributed by atoms with E-state index in [4.69, 9.17) is 13.8 Å². The fraction of sp³-hybridized carbons (Fsp3) is 0.217. The zero-order valence-corrected chi connectivity index (χ0v) is 16.5. The minimum atomic E-state index is -3.59. The molecule has 1 aliphatic rings. The molecule has 3 aromatic rings. The maximum atomic E-state index is 13.5. The molecule has 0 amide bonds. The van der Waals surface area contributed by atoms with Crippen LogP contribution in [0.2, 0.25) is 0 Å². The Kier molecular flexibility index (Phi) is 5.68. The molecule has 0 aromatic heterocycles. The second kappa shape index (κ2) is 8.53. The highest BCUT2D eigenvalue weighted by Crippen LogP contribution is 2.49. The van der Waals surface area contributed by atoms with Gasteiger partial charge in [-0.05, 0) is 67.1 Å². The van der Waals surface area contributed by atoms with Crippen LogP contribution in [-0.4, -0.2) is 6.35 Å². The molecule has 0 aliphatic heterocycles. The van der Waals surface area contributed by atoms with E-state index in [2.05, 4.69) is 6.07 Å². The van der Waals surface area contributed by atoms with E-state index >= 15 is 0 Å². The van der Waals surface area contributed by atoms with E-state index in [1.165, 1.54) is 17.5 Å². The van der Waals surface area contributed by atoms with Crippen LogP contribution >= 0.6 is 7.60 Å². The lowest BCUT2D eigenvalue weighted by Crippen LogP contribution is -2.12. The molecule has 0 heterocycles. The van der Waals surface area contributed by atoms with Crippen molar-refractivity contribution in [3.8, 4) is 17.2 Å². The summed E-state index contributed by atoms with van der Waals surface area (Å²) >= 11 is 0. The normalized spacial score (nSPS) is 13.4. The molecule has 0 unspecified atom stereocenters. The van der Waals surface area contributed by atoms with E-state index in [0.29, 0.717) is 11.5 Å². The van der Waals surface area contributed by atoms with Crippen LogP contribution in [0.25, 0.3) is 0 Å². The molecular weight excluding hydrogens is 371 g/mol. The van der Waals surface area contributed by atoms with Gasteiger partial charge in [0.2, 0.25) is 6.35 Å². The van der Waals surface area contributed by atoms with Crippen molar-refractivity contribution in [1.82, 2.24) is 0 Å². The Morgan fingerprint density at radius 3 is 1.96 bits per heavy atom. The Hall–Kier alpha value is -2.71. The Morgan fingerprint density at radius 1 is 0.714 bits per heavy atom. The van der Waals surface area contributed by atoms with Crippen LogP contribution < -0.4 is 13.8 Å². The Morgan fingerprint density at radius 2 is 1.32 bits per heavy atom. The number of ether oxygens (including phenoxy) is 1. The third kappa shape index (κ3) is 4.58. The van der Waals surface area contributed by atoms with Crippen molar-refractivity contribution in [2.24, 2.45) is 0 Å². The van der Waals surface area contributed by atoms with Gasteiger partial charge in [-0.3, -0.25) is 0 Å². The highest BCUT2D eigenvalue weighted by Gasteiger charge is 2.30. The largest absolute Gasteiger partial charge is 0.478 e. The number of hydrogen-bond acceptors (Lipinski definition) is 4. The number of para-hydroxylation sites is 2. The SMILES string of the molecule is O=P(COc1cccc2c1CCCC2)(Oc1ccccc1)Oc1ccccc1. The molecule has 0 N–H and O–H groups in total. The predicted octanol–water partition coefficient (Wildman–Crippen LogP) is 6.25. The Labute approximate surface area is 165 Å². The molecule has 0 radical (unpaired) electrons. The first kappa shape index (κ1) is 18.6. The molecule has 5 heteroatoms. The van der Waals surface area contributed by atoms with Crippen LogP contribution in [-0.2, 0) is 17.4 Å². The minimum absolute atomic E-state index is 0.159. The van der Waals surface area contributed by atoms with Gasteiger partial charge in [0.05, 0.1) is 0 Å². The van der Waals surface area contributed by atoms with E-state index in [1.54, 1.807) is 24.3 Å². The maximum absolute atomic E-state index is 13.5. The molecule has 0 bridgehead atoms. The molecule has 0 fully saturated rings. The van der Waals surface area contributed by atoms with Gasteiger partial charge in [-0.1, -0.05) is 48.5 Å². The zero-order valence-electron chi connectivity index (χ0n) is 15.6. The predicted molar refractivity (Wildman–Crippen MR) is 110 cm³/mol. The summed E-state index contributed by atoms with van der Waals surface area (Å²) in [6.07, 6.45) is 4.22. The zero-order chi connectivity index (χ0) is 19.2. The number of benzene rings is 3. The van der Waals surface area contributed by atoms with Crippen LogP contribution in [0, 0.1) is 0 Å². The standard InChI is InChI=1S/C23H23O4P/c24-28(26-20-12-3-1-4-13-20,27-21-14-5-2-6-15-21)18-25-23-17-9-11-19-10-7-8-16-22(19)23/h1-6,9,11-15,17H,7-8,10,16,18H2. The number of rotatable bonds is 7. The lowest BCUT2D eigenvalue weighted by molar-refractivity contribution is 0.307. The van der Waals surface area contributed by atoms with Crippen LogP contribution in [0.5, 0.6) is 17.2 Å². The van der Waals surface area contributed by atoms with Gasteiger partial charge in [-0.15, -0.1) is 0 Å². The second-order valence-electron chi connectivity index (χ2n) is 6.79. The van der Waals surface area contributed by atoms with Crippen molar-refractivity contribution in [3.63, 3.8) is 0 Å². The van der Waals surface area contributed by atoms with E-state index in [0.717, 1.165) is 25.0 Å². The van der Waals surface area contributed by atoms with Gasteiger partial charge in [0.15, 0.2) is 0 Å². The lowest BCUT2D eigenvalue weighted by atomic mass is 9.91. The fourth-order valence-electron chi connectivity index (χ4n) is 3.39. The number of hydrogen-bond donors (Lipinski definition) is 0. The second-order valence-corrected chi connectivity index (χ2v) is 8.64. The first-order valence-corrected chi connectivity index (χ1v) is 11.3. The van der Waals surface area contributed by atoms with Crippen LogP contribution in [0.4, 0.5) is 0 Å². The van der Waals surface area contributed by atoms with Crippen molar-refractivity contribution >= 4 is 7.60 Å². The number of aryl methyl sites for hydroxylation is 1. The van der Waals surface area contributed by atoms with Gasteiger partial charge in [0.1, 0.15) is 17.2 Å². The molecule has 4 rings (SSSR count). The summed E-state index contributed by atoms with van der Waals surface area (Å²) < 4.78 is 31.1. The third-order valence-electron chi connectivity index (χ3n) is 4.71. The summed E-state index contributed by atoms with van der Waals surface area (Å²) in [7, 11) is -3.59. The molecule has 0 atom stereocenters. The van der Waals surface area contributed by atoms with Crippen molar-refractivity contribution in [1.29, 1.82) is 0 Å². The van der Waals surface area contributed by atoms with Gasteiger partial charge in [-0.2, -0.15) is 0 Å². The average molecular weight is 394 g/mol. The summed E-state index contributed by atoms with van der Waals surface area (Å²) in [5.41, 5.74) is 2.52. The topological polar surface area (TPSA) is 44.8 Å². The molecule has 0 spiro atoms. The monoisotopic (exact) mass is 394 g/mol. The van der Waals surface area contributed by atoms with Crippen molar-refractivity contribution in [2.45, 2.75) is 25.7 Å². The smallest absolute Gasteiger partial charge is 0.468 e. The van der Waals surface area contributed by atoms with Crippen molar-refractivity contribution in [2.75, 3.05) is 6.35 Å². The summed E-state index contributed by atoms with van der Waals surface area (Å²) in [5, 5.41) is 0. The molecular formula is C23H23O4P. The van der Waals surface area contributed by atoms with Gasteiger partial charge < -0.3 is 13.8 Å². The lowest BCUT2D eigenvalue weighted by Gasteiger charge is -2.23. The van der Waals surface area contributed by atoms with E-state index in [1.807, 2.05) is 48.5 Å². The molecule has 1 aliphatic carbocycles. The average Bonchev–Trinajstić information content (AvgIpc) is 2.74. The first-order valence-electron chi connectivity index (χ1n) is 9.54. The van der Waals surface area contributed by atoms with Gasteiger partial charge in [-0.25, -0.2) is 4.57 Å². The molecule has 0 saturated heterocycles. The van der Waals surface area contributed by atoms with Crippen molar-refractivity contribution in [3.05, 3.63) is 90.0 Å². The van der Waals surface area contributed by atoms with E-state index in [9.17, 15) is 4.57 Å². The number of fused-ring (bicyclic) bond motifs is 1. The quantitative estimate of drug-likeness (QED) is 0.444.